The number of likely N-dealkylation sites (N-methyl/N-ethyl adjacent to an activating group) is 1. The van der Waals surface area contributed by atoms with Gasteiger partial charge in [0.15, 0.2) is 0 Å². The van der Waals surface area contributed by atoms with E-state index in [0.29, 0.717) is 17.8 Å². The van der Waals surface area contributed by atoms with E-state index in [1.54, 1.807) is 36.4 Å². The first-order chi connectivity index (χ1) is 20.6. The summed E-state index contributed by atoms with van der Waals surface area (Å²) < 4.78 is 29.4. The first-order valence-corrected chi connectivity index (χ1v) is 15.9. The van der Waals surface area contributed by atoms with Gasteiger partial charge in [-0.3, -0.25) is 13.9 Å². The highest BCUT2D eigenvalue weighted by Crippen LogP contribution is 2.28. The highest BCUT2D eigenvalue weighted by molar-refractivity contribution is 7.92. The summed E-state index contributed by atoms with van der Waals surface area (Å²) in [6.45, 7) is 7.57. The Hall–Kier alpha value is -4.43. The maximum atomic E-state index is 14.4. The molecule has 7 nitrogen and oxygen atoms in total. The zero-order chi connectivity index (χ0) is 31.0. The molecule has 0 spiro atoms. The van der Waals surface area contributed by atoms with Gasteiger partial charge in [-0.05, 0) is 62.6 Å². The zero-order valence-corrected chi connectivity index (χ0v) is 26.0. The maximum Gasteiger partial charge on any atom is 0.264 e. The lowest BCUT2D eigenvalue weighted by molar-refractivity contribution is -0.140. The number of carbonyl (C=O) groups excluding carboxylic acids is 2. The van der Waals surface area contributed by atoms with E-state index < -0.39 is 28.5 Å². The molecule has 224 valence electrons. The van der Waals surface area contributed by atoms with Crippen LogP contribution in [0.15, 0.2) is 108 Å². The SMILES string of the molecule is CCNC(=O)[C@@H](Cc1ccccc1)N(Cc1ccc(C)cc1)C(=O)CN(c1ccccc1C)S(=O)(=O)c1ccc(C)cc1. The number of carbonyl (C=O) groups is 2. The van der Waals surface area contributed by atoms with Crippen LogP contribution in [-0.4, -0.2) is 44.3 Å². The molecule has 0 radical (unpaired) electrons. The zero-order valence-electron chi connectivity index (χ0n) is 25.2. The van der Waals surface area contributed by atoms with Crippen LogP contribution < -0.4 is 9.62 Å². The maximum absolute atomic E-state index is 14.4. The molecule has 0 aliphatic carbocycles. The van der Waals surface area contributed by atoms with Crippen LogP contribution in [-0.2, 0) is 32.6 Å². The molecular formula is C35H39N3O4S. The predicted octanol–water partition coefficient (Wildman–Crippen LogP) is 5.58. The molecule has 4 aromatic rings. The molecule has 1 atom stereocenters. The van der Waals surface area contributed by atoms with Gasteiger partial charge >= 0.3 is 0 Å². The molecular weight excluding hydrogens is 558 g/mol. The summed E-state index contributed by atoms with van der Waals surface area (Å²) in [5, 5.41) is 2.89. The van der Waals surface area contributed by atoms with E-state index in [0.717, 1.165) is 26.6 Å². The summed E-state index contributed by atoms with van der Waals surface area (Å²) in [5.41, 5.74) is 4.84. The molecule has 0 bridgehead atoms. The monoisotopic (exact) mass is 597 g/mol. The Balaban J connectivity index is 1.80. The van der Waals surface area contributed by atoms with Gasteiger partial charge in [0, 0.05) is 19.5 Å². The lowest BCUT2D eigenvalue weighted by Gasteiger charge is -2.34. The van der Waals surface area contributed by atoms with Gasteiger partial charge in [0.2, 0.25) is 11.8 Å². The number of rotatable bonds is 12. The molecule has 0 aliphatic heterocycles. The molecule has 4 rings (SSSR count). The number of benzene rings is 4. The van der Waals surface area contributed by atoms with Crippen molar-refractivity contribution in [1.29, 1.82) is 0 Å². The largest absolute Gasteiger partial charge is 0.355 e. The summed E-state index contributed by atoms with van der Waals surface area (Å²) in [7, 11) is -4.13. The van der Waals surface area contributed by atoms with Crippen LogP contribution >= 0.6 is 0 Å². The molecule has 0 aromatic heterocycles. The van der Waals surface area contributed by atoms with Gasteiger partial charge in [-0.1, -0.05) is 96.1 Å². The Kier molecular flexibility index (Phi) is 10.4. The Morgan fingerprint density at radius 3 is 1.93 bits per heavy atom. The molecule has 43 heavy (non-hydrogen) atoms. The van der Waals surface area contributed by atoms with Gasteiger partial charge in [0.05, 0.1) is 10.6 Å². The number of hydrogen-bond donors (Lipinski definition) is 1. The molecule has 0 aliphatic rings. The van der Waals surface area contributed by atoms with E-state index in [1.807, 2.05) is 94.4 Å². The van der Waals surface area contributed by atoms with E-state index in [9.17, 15) is 18.0 Å². The number of sulfonamides is 1. The second-order valence-corrected chi connectivity index (χ2v) is 12.6. The quantitative estimate of drug-likeness (QED) is 0.231. The summed E-state index contributed by atoms with van der Waals surface area (Å²) in [5.74, 6) is -0.776. The van der Waals surface area contributed by atoms with Crippen molar-refractivity contribution in [3.05, 3.63) is 131 Å². The average molecular weight is 598 g/mol. The summed E-state index contributed by atoms with van der Waals surface area (Å²) in [6.07, 6.45) is 0.277. The Labute approximate surface area is 255 Å². The smallest absolute Gasteiger partial charge is 0.264 e. The first-order valence-electron chi connectivity index (χ1n) is 14.4. The van der Waals surface area contributed by atoms with Crippen LogP contribution in [0.25, 0.3) is 0 Å². The average Bonchev–Trinajstić information content (AvgIpc) is 3.00. The van der Waals surface area contributed by atoms with Crippen LogP contribution in [0.5, 0.6) is 0 Å². The number of amides is 2. The Bertz CT molecular complexity index is 1640. The van der Waals surface area contributed by atoms with Crippen LogP contribution in [0.1, 0.15) is 34.7 Å². The second kappa shape index (κ2) is 14.2. The molecule has 4 aromatic carbocycles. The fourth-order valence-corrected chi connectivity index (χ4v) is 6.41. The van der Waals surface area contributed by atoms with Gasteiger partial charge in [-0.25, -0.2) is 8.42 Å². The molecule has 0 heterocycles. The molecule has 1 N–H and O–H groups in total. The molecule has 2 amide bonds. The van der Waals surface area contributed by atoms with Gasteiger partial charge in [-0.15, -0.1) is 0 Å². The highest BCUT2D eigenvalue weighted by Gasteiger charge is 2.34. The van der Waals surface area contributed by atoms with E-state index >= 15 is 0 Å². The summed E-state index contributed by atoms with van der Waals surface area (Å²) >= 11 is 0. The number of para-hydroxylation sites is 1. The van der Waals surface area contributed by atoms with Crippen LogP contribution in [0.4, 0.5) is 5.69 Å². The molecule has 0 saturated carbocycles. The molecule has 0 unspecified atom stereocenters. The standard InChI is InChI=1S/C35H39N3O4S/c1-5-36-35(40)33(23-29-12-7-6-8-13-29)37(24-30-19-15-26(2)16-20-30)34(39)25-38(32-14-10-9-11-28(32)4)43(41,42)31-21-17-27(3)18-22-31/h6-22,33H,5,23-25H2,1-4H3,(H,36,40)/t33-/m1/s1. The van der Waals surface area contributed by atoms with Gasteiger partial charge in [0.25, 0.3) is 10.0 Å². The second-order valence-electron chi connectivity index (χ2n) is 10.7. The van der Waals surface area contributed by atoms with E-state index in [-0.39, 0.29) is 23.8 Å². The van der Waals surface area contributed by atoms with Gasteiger partial charge in [-0.2, -0.15) is 0 Å². The number of nitrogens with one attached hydrogen (secondary N) is 1. The highest BCUT2D eigenvalue weighted by atomic mass is 32.2. The minimum Gasteiger partial charge on any atom is -0.355 e. The fraction of sp³-hybridized carbons (Fsp3) is 0.257. The number of hydrogen-bond acceptors (Lipinski definition) is 4. The molecule has 8 heteroatoms. The summed E-state index contributed by atoms with van der Waals surface area (Å²) in [6, 6.07) is 30.1. The topological polar surface area (TPSA) is 86.8 Å². The lowest BCUT2D eigenvalue weighted by atomic mass is 10.0. The third kappa shape index (κ3) is 7.90. The third-order valence-electron chi connectivity index (χ3n) is 7.37. The fourth-order valence-electron chi connectivity index (χ4n) is 4.93. The van der Waals surface area contributed by atoms with Crippen molar-refractivity contribution in [2.45, 2.75) is 51.6 Å². The summed E-state index contributed by atoms with van der Waals surface area (Å²) in [4.78, 5) is 29.6. The van der Waals surface area contributed by atoms with Crippen LogP contribution in [0.2, 0.25) is 0 Å². The molecule has 0 fully saturated rings. The number of aryl methyl sites for hydroxylation is 3. The number of anilines is 1. The predicted molar refractivity (Wildman–Crippen MR) is 171 cm³/mol. The van der Waals surface area contributed by atoms with E-state index in [4.69, 9.17) is 0 Å². The van der Waals surface area contributed by atoms with Gasteiger partial charge in [0.1, 0.15) is 12.6 Å². The minimum atomic E-state index is -4.13. The van der Waals surface area contributed by atoms with E-state index in [1.165, 1.54) is 4.90 Å². The van der Waals surface area contributed by atoms with Crippen LogP contribution in [0, 0.1) is 20.8 Å². The number of nitrogens with zero attached hydrogens (tertiary/aromatic N) is 2. The van der Waals surface area contributed by atoms with Crippen LogP contribution in [0.3, 0.4) is 0 Å². The first kappa shape index (κ1) is 31.5. The Morgan fingerprint density at radius 2 is 1.33 bits per heavy atom. The van der Waals surface area contributed by atoms with Crippen molar-refractivity contribution in [3.8, 4) is 0 Å². The van der Waals surface area contributed by atoms with Crippen molar-refractivity contribution in [2.75, 3.05) is 17.4 Å². The van der Waals surface area contributed by atoms with Crippen molar-refractivity contribution in [3.63, 3.8) is 0 Å². The third-order valence-corrected chi connectivity index (χ3v) is 9.14. The minimum absolute atomic E-state index is 0.0869. The lowest BCUT2D eigenvalue weighted by Crippen LogP contribution is -2.53. The van der Waals surface area contributed by atoms with Crippen molar-refractivity contribution in [2.24, 2.45) is 0 Å². The van der Waals surface area contributed by atoms with Gasteiger partial charge < -0.3 is 10.2 Å². The van der Waals surface area contributed by atoms with Crippen molar-refractivity contribution < 1.29 is 18.0 Å². The normalized spacial score (nSPS) is 11.9. The molecule has 0 saturated heterocycles. The van der Waals surface area contributed by atoms with Crippen molar-refractivity contribution in [1.82, 2.24) is 10.2 Å². The van der Waals surface area contributed by atoms with Crippen molar-refractivity contribution >= 4 is 27.5 Å². The Morgan fingerprint density at radius 1 is 0.744 bits per heavy atom. The van der Waals surface area contributed by atoms with E-state index in [2.05, 4.69) is 5.32 Å².